The standard InChI is InChI=1S/C17H14ClFN6O/c18-12-1-2-13(11(7-12)8-19)17(26)24-5-6-25-15(10-24)22-23-16(25)14-9-20-3-4-21-14/h1-4,7,9H,5-6,8,10H2. The molecular weight excluding hydrogens is 359 g/mol. The van der Waals surface area contributed by atoms with Gasteiger partial charge < -0.3 is 9.47 Å². The van der Waals surface area contributed by atoms with Gasteiger partial charge in [-0.3, -0.25) is 9.78 Å². The lowest BCUT2D eigenvalue weighted by Crippen LogP contribution is -2.39. The van der Waals surface area contributed by atoms with E-state index in [9.17, 15) is 9.18 Å². The molecule has 3 aromatic rings. The van der Waals surface area contributed by atoms with Gasteiger partial charge >= 0.3 is 0 Å². The Labute approximate surface area is 153 Å². The average molecular weight is 373 g/mol. The zero-order chi connectivity index (χ0) is 18.1. The minimum Gasteiger partial charge on any atom is -0.329 e. The summed E-state index contributed by atoms with van der Waals surface area (Å²) in [7, 11) is 0. The molecule has 1 aromatic carbocycles. The second-order valence-corrected chi connectivity index (χ2v) is 6.28. The Hall–Kier alpha value is -2.87. The molecule has 0 atom stereocenters. The molecule has 0 unspecified atom stereocenters. The minimum atomic E-state index is -0.748. The van der Waals surface area contributed by atoms with E-state index in [-0.39, 0.29) is 11.5 Å². The monoisotopic (exact) mass is 372 g/mol. The molecule has 0 N–H and O–H groups in total. The number of alkyl halides is 1. The van der Waals surface area contributed by atoms with Crippen LogP contribution >= 0.6 is 11.6 Å². The second kappa shape index (κ2) is 6.80. The highest BCUT2D eigenvalue weighted by Crippen LogP contribution is 2.23. The molecule has 1 aliphatic heterocycles. The maximum absolute atomic E-state index is 13.3. The van der Waals surface area contributed by atoms with Gasteiger partial charge in [-0.05, 0) is 23.8 Å². The van der Waals surface area contributed by atoms with Gasteiger partial charge in [0.2, 0.25) is 0 Å². The van der Waals surface area contributed by atoms with Gasteiger partial charge in [0.25, 0.3) is 5.91 Å². The Morgan fingerprint density at radius 3 is 2.88 bits per heavy atom. The summed E-state index contributed by atoms with van der Waals surface area (Å²) >= 11 is 5.89. The minimum absolute atomic E-state index is 0.246. The highest BCUT2D eigenvalue weighted by atomic mass is 35.5. The fourth-order valence-electron chi connectivity index (χ4n) is 2.99. The van der Waals surface area contributed by atoms with E-state index in [0.717, 1.165) is 0 Å². The predicted molar refractivity (Wildman–Crippen MR) is 92.1 cm³/mol. The summed E-state index contributed by atoms with van der Waals surface area (Å²) in [6.07, 6.45) is 4.80. The van der Waals surface area contributed by atoms with Crippen LogP contribution in [0, 0.1) is 0 Å². The largest absolute Gasteiger partial charge is 0.329 e. The number of aromatic nitrogens is 5. The van der Waals surface area contributed by atoms with Crippen molar-refractivity contribution >= 4 is 17.5 Å². The van der Waals surface area contributed by atoms with Gasteiger partial charge in [-0.25, -0.2) is 9.37 Å². The van der Waals surface area contributed by atoms with E-state index in [0.29, 0.717) is 47.6 Å². The molecule has 4 rings (SSSR count). The Morgan fingerprint density at radius 1 is 1.23 bits per heavy atom. The first-order valence-corrected chi connectivity index (χ1v) is 8.37. The van der Waals surface area contributed by atoms with E-state index >= 15 is 0 Å². The highest BCUT2D eigenvalue weighted by Gasteiger charge is 2.27. The van der Waals surface area contributed by atoms with Crippen molar-refractivity contribution in [2.45, 2.75) is 19.8 Å². The SMILES string of the molecule is O=C(c1ccc(Cl)cc1CF)N1CCn2c(nnc2-c2cnccn2)C1. The van der Waals surface area contributed by atoms with Crippen molar-refractivity contribution in [2.24, 2.45) is 0 Å². The zero-order valence-electron chi connectivity index (χ0n) is 13.6. The fourth-order valence-corrected chi connectivity index (χ4v) is 3.18. The molecule has 3 heterocycles. The number of fused-ring (bicyclic) bond motifs is 1. The third kappa shape index (κ3) is 2.92. The molecule has 0 bridgehead atoms. The van der Waals surface area contributed by atoms with Crippen molar-refractivity contribution < 1.29 is 9.18 Å². The van der Waals surface area contributed by atoms with Crippen LogP contribution in [0.15, 0.2) is 36.8 Å². The molecule has 1 aliphatic rings. The van der Waals surface area contributed by atoms with Crippen LogP contribution in [0.25, 0.3) is 11.5 Å². The lowest BCUT2D eigenvalue weighted by Gasteiger charge is -2.28. The van der Waals surface area contributed by atoms with E-state index in [1.54, 1.807) is 35.6 Å². The van der Waals surface area contributed by atoms with E-state index in [2.05, 4.69) is 20.2 Å². The van der Waals surface area contributed by atoms with Gasteiger partial charge in [0.05, 0.1) is 12.7 Å². The number of benzene rings is 1. The summed E-state index contributed by atoms with van der Waals surface area (Å²) in [5.41, 5.74) is 1.23. The Balaban J connectivity index is 1.60. The molecule has 0 fully saturated rings. The summed E-state index contributed by atoms with van der Waals surface area (Å²) in [5, 5.41) is 8.75. The quantitative estimate of drug-likeness (QED) is 0.706. The van der Waals surface area contributed by atoms with Gasteiger partial charge in [0, 0.05) is 36.1 Å². The van der Waals surface area contributed by atoms with Gasteiger partial charge in [-0.1, -0.05) is 11.6 Å². The summed E-state index contributed by atoms with van der Waals surface area (Å²) in [6.45, 7) is 0.535. The lowest BCUT2D eigenvalue weighted by atomic mass is 10.1. The molecule has 0 saturated heterocycles. The first-order valence-electron chi connectivity index (χ1n) is 7.99. The molecule has 7 nitrogen and oxygen atoms in total. The molecule has 0 spiro atoms. The van der Waals surface area contributed by atoms with Crippen LogP contribution in [0.1, 0.15) is 21.7 Å². The summed E-state index contributed by atoms with van der Waals surface area (Å²) < 4.78 is 15.2. The highest BCUT2D eigenvalue weighted by molar-refractivity contribution is 6.30. The predicted octanol–water partition coefficient (Wildman–Crippen LogP) is 2.51. The maximum Gasteiger partial charge on any atom is 0.254 e. The summed E-state index contributed by atoms with van der Waals surface area (Å²) in [5.74, 6) is 1.03. The number of amides is 1. The number of rotatable bonds is 3. The topological polar surface area (TPSA) is 76.8 Å². The molecular formula is C17H14ClFN6O. The van der Waals surface area contributed by atoms with Crippen molar-refractivity contribution in [1.82, 2.24) is 29.6 Å². The van der Waals surface area contributed by atoms with E-state index in [1.165, 1.54) is 6.07 Å². The third-order valence-electron chi connectivity index (χ3n) is 4.27. The van der Waals surface area contributed by atoms with E-state index in [1.807, 2.05) is 4.57 Å². The van der Waals surface area contributed by atoms with Crippen LogP contribution in [0.5, 0.6) is 0 Å². The summed E-state index contributed by atoms with van der Waals surface area (Å²) in [4.78, 5) is 22.7. The van der Waals surface area contributed by atoms with E-state index in [4.69, 9.17) is 11.6 Å². The first-order chi connectivity index (χ1) is 12.7. The number of halogens is 2. The smallest absolute Gasteiger partial charge is 0.254 e. The second-order valence-electron chi connectivity index (χ2n) is 5.84. The lowest BCUT2D eigenvalue weighted by molar-refractivity contribution is 0.0706. The average Bonchev–Trinajstić information content (AvgIpc) is 3.11. The summed E-state index contributed by atoms with van der Waals surface area (Å²) in [6, 6.07) is 4.63. The van der Waals surface area contributed by atoms with Gasteiger partial charge in [-0.2, -0.15) is 0 Å². The molecule has 0 aliphatic carbocycles. The van der Waals surface area contributed by atoms with E-state index < -0.39 is 6.67 Å². The van der Waals surface area contributed by atoms with Crippen molar-refractivity contribution in [3.8, 4) is 11.5 Å². The van der Waals surface area contributed by atoms with Crippen molar-refractivity contribution in [3.63, 3.8) is 0 Å². The fraction of sp³-hybridized carbons (Fsp3) is 0.235. The number of hydrogen-bond donors (Lipinski definition) is 0. The molecule has 9 heteroatoms. The van der Waals surface area contributed by atoms with Crippen molar-refractivity contribution in [2.75, 3.05) is 6.54 Å². The molecule has 0 saturated carbocycles. The van der Waals surface area contributed by atoms with Crippen LogP contribution in [0.4, 0.5) is 4.39 Å². The van der Waals surface area contributed by atoms with Crippen LogP contribution in [0.3, 0.4) is 0 Å². The Kier molecular flexibility index (Phi) is 4.34. The molecule has 0 radical (unpaired) electrons. The number of hydrogen-bond acceptors (Lipinski definition) is 5. The van der Waals surface area contributed by atoms with Crippen LogP contribution in [-0.4, -0.2) is 42.1 Å². The van der Waals surface area contributed by atoms with Crippen LogP contribution < -0.4 is 0 Å². The third-order valence-corrected chi connectivity index (χ3v) is 4.51. The molecule has 2 aromatic heterocycles. The van der Waals surface area contributed by atoms with Crippen LogP contribution in [0.2, 0.25) is 5.02 Å². The first kappa shape index (κ1) is 16.6. The van der Waals surface area contributed by atoms with Gasteiger partial charge in [-0.15, -0.1) is 10.2 Å². The van der Waals surface area contributed by atoms with Gasteiger partial charge in [0.1, 0.15) is 12.4 Å². The molecule has 132 valence electrons. The molecule has 26 heavy (non-hydrogen) atoms. The number of carbonyl (C=O) groups excluding carboxylic acids is 1. The zero-order valence-corrected chi connectivity index (χ0v) is 14.4. The van der Waals surface area contributed by atoms with Crippen molar-refractivity contribution in [1.29, 1.82) is 0 Å². The number of nitrogens with zero attached hydrogens (tertiary/aromatic N) is 6. The molecule has 1 amide bonds. The van der Waals surface area contributed by atoms with Crippen molar-refractivity contribution in [3.05, 3.63) is 58.8 Å². The number of carbonyl (C=O) groups is 1. The normalized spacial score (nSPS) is 13.5. The Morgan fingerprint density at radius 2 is 2.12 bits per heavy atom. The Bertz CT molecular complexity index is 961. The van der Waals surface area contributed by atoms with Crippen LogP contribution in [-0.2, 0) is 19.8 Å². The van der Waals surface area contributed by atoms with Gasteiger partial charge in [0.15, 0.2) is 11.6 Å². The maximum atomic E-state index is 13.3.